The van der Waals surface area contributed by atoms with Gasteiger partial charge in [-0.15, -0.1) is 0 Å². The number of carbonyl (C=O) groups is 3. The lowest BCUT2D eigenvalue weighted by molar-refractivity contribution is -0.123. The quantitative estimate of drug-likeness (QED) is 0.605. The Morgan fingerprint density at radius 2 is 1.63 bits per heavy atom. The third-order valence-electron chi connectivity index (χ3n) is 3.11. The van der Waals surface area contributed by atoms with E-state index in [-0.39, 0.29) is 11.6 Å². The van der Waals surface area contributed by atoms with Crippen LogP contribution in [0.25, 0.3) is 0 Å². The van der Waals surface area contributed by atoms with Crippen molar-refractivity contribution >= 4 is 17.9 Å². The van der Waals surface area contributed by atoms with Gasteiger partial charge in [0.1, 0.15) is 0 Å². The summed E-state index contributed by atoms with van der Waals surface area (Å²) in [6.45, 7) is 7.93. The molecule has 0 fully saturated rings. The summed E-state index contributed by atoms with van der Waals surface area (Å²) in [5.41, 5.74) is 0.226. The van der Waals surface area contributed by atoms with E-state index in [4.69, 9.17) is 14.2 Å². The van der Waals surface area contributed by atoms with Crippen molar-refractivity contribution in [2.75, 3.05) is 19.8 Å². The molecule has 1 aromatic rings. The molecular weight excluding hydrogens is 352 g/mol. The Kier molecular flexibility index (Phi) is 9.71. The van der Waals surface area contributed by atoms with Gasteiger partial charge in [0.15, 0.2) is 18.1 Å². The van der Waals surface area contributed by atoms with Gasteiger partial charge < -0.3 is 19.5 Å². The molecule has 0 unspecified atom stereocenters. The molecule has 0 aliphatic carbocycles. The summed E-state index contributed by atoms with van der Waals surface area (Å²) in [6.07, 6.45) is 1.65. The normalized spacial score (nSPS) is 10.3. The molecule has 2 N–H and O–H groups in total. The number of nitrogens with one attached hydrogen (secondary N) is 2. The molecule has 8 heteroatoms. The van der Waals surface area contributed by atoms with Crippen LogP contribution in [0.15, 0.2) is 18.2 Å². The van der Waals surface area contributed by atoms with Crippen LogP contribution < -0.4 is 20.1 Å². The van der Waals surface area contributed by atoms with Crippen molar-refractivity contribution in [1.29, 1.82) is 0 Å². The van der Waals surface area contributed by atoms with Crippen LogP contribution >= 0.6 is 0 Å². The molecule has 0 heterocycles. The average molecular weight is 380 g/mol. The summed E-state index contributed by atoms with van der Waals surface area (Å²) in [7, 11) is 0. The lowest BCUT2D eigenvalue weighted by atomic mass is 10.2. The minimum atomic E-state index is -0.716. The van der Waals surface area contributed by atoms with Crippen molar-refractivity contribution in [3.8, 4) is 11.5 Å². The fourth-order valence-electron chi connectivity index (χ4n) is 1.97. The average Bonchev–Trinajstić information content (AvgIpc) is 2.62. The van der Waals surface area contributed by atoms with Gasteiger partial charge in [-0.25, -0.2) is 9.59 Å². The fraction of sp³-hybridized carbons (Fsp3) is 0.526. The SMILES string of the molecule is CCCOc1ccc(C(=O)OCC(=O)NC(=O)NC(C)C)cc1OCCC. The Hall–Kier alpha value is -2.77. The van der Waals surface area contributed by atoms with E-state index in [2.05, 4.69) is 10.6 Å². The Labute approximate surface area is 159 Å². The summed E-state index contributed by atoms with van der Waals surface area (Å²) in [5.74, 6) is -0.421. The second-order valence-electron chi connectivity index (χ2n) is 6.11. The van der Waals surface area contributed by atoms with Crippen LogP contribution in [0.1, 0.15) is 50.9 Å². The molecule has 0 saturated heterocycles. The third-order valence-corrected chi connectivity index (χ3v) is 3.11. The first kappa shape index (κ1) is 22.3. The van der Waals surface area contributed by atoms with E-state index in [0.29, 0.717) is 24.7 Å². The van der Waals surface area contributed by atoms with Gasteiger partial charge in [-0.2, -0.15) is 0 Å². The standard InChI is InChI=1S/C19H28N2O6/c1-5-9-25-15-8-7-14(11-16(15)26-10-6-2)18(23)27-12-17(22)21-19(24)20-13(3)4/h7-8,11,13H,5-6,9-10,12H2,1-4H3,(H2,20,21,22,24). The van der Waals surface area contributed by atoms with Crippen molar-refractivity contribution in [2.45, 2.75) is 46.6 Å². The van der Waals surface area contributed by atoms with Crippen molar-refractivity contribution in [2.24, 2.45) is 0 Å². The molecule has 0 saturated carbocycles. The topological polar surface area (TPSA) is 103 Å². The van der Waals surface area contributed by atoms with E-state index in [1.807, 2.05) is 13.8 Å². The van der Waals surface area contributed by atoms with Crippen LogP contribution in [0, 0.1) is 0 Å². The number of urea groups is 1. The van der Waals surface area contributed by atoms with E-state index in [0.717, 1.165) is 12.8 Å². The minimum absolute atomic E-state index is 0.115. The first-order valence-electron chi connectivity index (χ1n) is 9.04. The highest BCUT2D eigenvalue weighted by molar-refractivity contribution is 5.97. The van der Waals surface area contributed by atoms with Crippen molar-refractivity contribution in [1.82, 2.24) is 10.6 Å². The van der Waals surface area contributed by atoms with E-state index >= 15 is 0 Å². The summed E-state index contributed by atoms with van der Waals surface area (Å²) in [6, 6.07) is 3.93. The molecule has 0 bridgehead atoms. The van der Waals surface area contributed by atoms with Gasteiger partial charge >= 0.3 is 12.0 Å². The van der Waals surface area contributed by atoms with Gasteiger partial charge in [-0.05, 0) is 44.9 Å². The zero-order chi connectivity index (χ0) is 20.2. The van der Waals surface area contributed by atoms with E-state index in [9.17, 15) is 14.4 Å². The maximum Gasteiger partial charge on any atom is 0.338 e. The highest BCUT2D eigenvalue weighted by Gasteiger charge is 2.15. The molecular formula is C19H28N2O6. The molecule has 0 aliphatic rings. The number of esters is 1. The Morgan fingerprint density at radius 3 is 2.22 bits per heavy atom. The Bertz CT molecular complexity index is 645. The Morgan fingerprint density at radius 1 is 1.00 bits per heavy atom. The van der Waals surface area contributed by atoms with Gasteiger partial charge in [0.05, 0.1) is 18.8 Å². The van der Waals surface area contributed by atoms with Crippen LogP contribution in [-0.2, 0) is 9.53 Å². The van der Waals surface area contributed by atoms with E-state index in [1.54, 1.807) is 19.9 Å². The third kappa shape index (κ3) is 8.44. The number of imide groups is 1. The number of ether oxygens (including phenoxy) is 3. The van der Waals surface area contributed by atoms with E-state index < -0.39 is 24.5 Å². The number of hydrogen-bond acceptors (Lipinski definition) is 6. The number of hydrogen-bond donors (Lipinski definition) is 2. The molecule has 0 atom stereocenters. The summed E-state index contributed by atoms with van der Waals surface area (Å²) >= 11 is 0. The second-order valence-corrected chi connectivity index (χ2v) is 6.11. The summed E-state index contributed by atoms with van der Waals surface area (Å²) in [4.78, 5) is 35.3. The molecule has 0 aliphatic heterocycles. The van der Waals surface area contributed by atoms with Gasteiger partial charge in [-0.3, -0.25) is 10.1 Å². The summed E-state index contributed by atoms with van der Waals surface area (Å²) < 4.78 is 16.2. The fourth-order valence-corrected chi connectivity index (χ4v) is 1.97. The van der Waals surface area contributed by atoms with Crippen LogP contribution in [-0.4, -0.2) is 43.8 Å². The first-order chi connectivity index (χ1) is 12.9. The van der Waals surface area contributed by atoms with Gasteiger partial charge in [0.2, 0.25) is 0 Å². The number of amides is 3. The zero-order valence-electron chi connectivity index (χ0n) is 16.3. The summed E-state index contributed by atoms with van der Waals surface area (Å²) in [5, 5.41) is 4.58. The maximum absolute atomic E-state index is 12.2. The van der Waals surface area contributed by atoms with Crippen molar-refractivity contribution in [3.05, 3.63) is 23.8 Å². The van der Waals surface area contributed by atoms with E-state index in [1.165, 1.54) is 12.1 Å². The van der Waals surface area contributed by atoms with Gasteiger partial charge in [0, 0.05) is 6.04 Å². The number of benzene rings is 1. The molecule has 8 nitrogen and oxygen atoms in total. The van der Waals surface area contributed by atoms with Crippen LogP contribution in [0.2, 0.25) is 0 Å². The van der Waals surface area contributed by atoms with Crippen LogP contribution in [0.5, 0.6) is 11.5 Å². The van der Waals surface area contributed by atoms with Gasteiger partial charge in [-0.1, -0.05) is 13.8 Å². The van der Waals surface area contributed by atoms with Crippen LogP contribution in [0.4, 0.5) is 4.79 Å². The second kappa shape index (κ2) is 11.8. The Balaban J connectivity index is 2.67. The lowest BCUT2D eigenvalue weighted by Crippen LogP contribution is -2.44. The largest absolute Gasteiger partial charge is 0.490 e. The smallest absolute Gasteiger partial charge is 0.338 e. The predicted molar refractivity (Wildman–Crippen MR) is 100 cm³/mol. The number of carbonyl (C=O) groups excluding carboxylic acids is 3. The maximum atomic E-state index is 12.2. The monoisotopic (exact) mass is 380 g/mol. The first-order valence-corrected chi connectivity index (χ1v) is 9.04. The van der Waals surface area contributed by atoms with Crippen molar-refractivity contribution < 1.29 is 28.6 Å². The molecule has 1 rings (SSSR count). The highest BCUT2D eigenvalue weighted by atomic mass is 16.5. The molecule has 1 aromatic carbocycles. The molecule has 3 amide bonds. The molecule has 0 aromatic heterocycles. The zero-order valence-corrected chi connectivity index (χ0v) is 16.3. The molecule has 150 valence electrons. The van der Waals surface area contributed by atoms with Gasteiger partial charge in [0.25, 0.3) is 5.91 Å². The minimum Gasteiger partial charge on any atom is -0.490 e. The molecule has 27 heavy (non-hydrogen) atoms. The number of rotatable bonds is 10. The molecule has 0 spiro atoms. The highest BCUT2D eigenvalue weighted by Crippen LogP contribution is 2.29. The molecule has 0 radical (unpaired) electrons. The predicted octanol–water partition coefficient (Wildman–Crippen LogP) is 2.66. The lowest BCUT2D eigenvalue weighted by Gasteiger charge is -2.13. The van der Waals surface area contributed by atoms with Crippen molar-refractivity contribution in [3.63, 3.8) is 0 Å². The van der Waals surface area contributed by atoms with Crippen LogP contribution in [0.3, 0.4) is 0 Å².